The van der Waals surface area contributed by atoms with Crippen LogP contribution in [0.1, 0.15) is 46.0 Å². The number of carbonyl (C=O) groups excluding carboxylic acids is 3. The Bertz CT molecular complexity index is 671. The lowest BCUT2D eigenvalue weighted by Crippen LogP contribution is -2.66. The number of allylic oxidation sites excluding steroid dienone is 1. The first-order valence-electron chi connectivity index (χ1n) is 9.21. The lowest BCUT2D eigenvalue weighted by atomic mass is 9.89. The molecule has 0 aromatic carbocycles. The van der Waals surface area contributed by atoms with E-state index in [-0.39, 0.29) is 18.7 Å². The van der Waals surface area contributed by atoms with Crippen LogP contribution in [0.25, 0.3) is 0 Å². The van der Waals surface area contributed by atoms with Gasteiger partial charge in [0, 0.05) is 18.7 Å². The van der Waals surface area contributed by atoms with Gasteiger partial charge in [0.15, 0.2) is 0 Å². The van der Waals surface area contributed by atoms with E-state index in [9.17, 15) is 27.6 Å². The number of alkyl halides is 3. The van der Waals surface area contributed by atoms with E-state index in [2.05, 4.69) is 4.74 Å². The highest BCUT2D eigenvalue weighted by Crippen LogP contribution is 2.45. The molecule has 10 heteroatoms. The molecule has 0 aromatic heterocycles. The van der Waals surface area contributed by atoms with Gasteiger partial charge < -0.3 is 19.7 Å². The number of esters is 1. The third-order valence-electron chi connectivity index (χ3n) is 5.02. The van der Waals surface area contributed by atoms with Crippen LogP contribution < -0.4 is 5.32 Å². The number of ether oxygens (including phenoxy) is 2. The molecule has 0 saturated carbocycles. The molecule has 2 aliphatic heterocycles. The Kier molecular flexibility index (Phi) is 6.74. The van der Waals surface area contributed by atoms with Crippen molar-refractivity contribution >= 4 is 17.8 Å². The highest BCUT2D eigenvalue weighted by Gasteiger charge is 2.70. The first kappa shape index (κ1) is 22.2. The summed E-state index contributed by atoms with van der Waals surface area (Å²) < 4.78 is 52.6. The van der Waals surface area contributed by atoms with Crippen molar-refractivity contribution in [3.05, 3.63) is 11.3 Å². The van der Waals surface area contributed by atoms with E-state index in [4.69, 9.17) is 4.74 Å². The minimum absolute atomic E-state index is 0.131. The van der Waals surface area contributed by atoms with Crippen LogP contribution in [0, 0.1) is 0 Å². The maximum absolute atomic E-state index is 14.2. The van der Waals surface area contributed by atoms with Crippen molar-refractivity contribution in [2.45, 2.75) is 63.8 Å². The summed E-state index contributed by atoms with van der Waals surface area (Å²) in [6.07, 6.45) is -3.60. The van der Waals surface area contributed by atoms with Gasteiger partial charge in [-0.05, 0) is 26.2 Å². The van der Waals surface area contributed by atoms with Crippen LogP contribution in [0.3, 0.4) is 0 Å². The number of hydrogen-bond acceptors (Lipinski definition) is 5. The molecule has 0 aliphatic carbocycles. The molecule has 2 atom stereocenters. The van der Waals surface area contributed by atoms with Crippen molar-refractivity contribution < 1.29 is 37.0 Å². The lowest BCUT2D eigenvalue weighted by Gasteiger charge is -2.33. The Labute approximate surface area is 161 Å². The van der Waals surface area contributed by atoms with Gasteiger partial charge in [0.2, 0.25) is 11.4 Å². The molecule has 2 heterocycles. The fraction of sp³-hybridized carbons (Fsp3) is 0.722. The average molecular weight is 406 g/mol. The largest absolute Gasteiger partial charge is 0.466 e. The molecule has 0 bridgehead atoms. The zero-order valence-electron chi connectivity index (χ0n) is 16.1. The van der Waals surface area contributed by atoms with Crippen LogP contribution in [0.15, 0.2) is 11.3 Å². The van der Waals surface area contributed by atoms with Gasteiger partial charge in [0.05, 0.1) is 19.8 Å². The molecule has 158 valence electrons. The van der Waals surface area contributed by atoms with Gasteiger partial charge in [-0.2, -0.15) is 13.2 Å². The first-order valence-corrected chi connectivity index (χ1v) is 9.21. The molecule has 1 saturated heterocycles. The third-order valence-corrected chi connectivity index (χ3v) is 5.02. The quantitative estimate of drug-likeness (QED) is 0.655. The van der Waals surface area contributed by atoms with Crippen molar-refractivity contribution in [1.29, 1.82) is 0 Å². The van der Waals surface area contributed by atoms with Gasteiger partial charge >= 0.3 is 12.1 Å². The van der Waals surface area contributed by atoms with Crippen molar-refractivity contribution in [3.8, 4) is 0 Å². The van der Waals surface area contributed by atoms with E-state index >= 15 is 0 Å². The van der Waals surface area contributed by atoms with Gasteiger partial charge in [-0.15, -0.1) is 0 Å². The molecular weight excluding hydrogens is 381 g/mol. The van der Waals surface area contributed by atoms with Gasteiger partial charge in [0.25, 0.3) is 5.91 Å². The minimum atomic E-state index is -5.23. The number of halogens is 3. The summed E-state index contributed by atoms with van der Waals surface area (Å²) in [5.74, 6) is -3.69. The van der Waals surface area contributed by atoms with Crippen molar-refractivity contribution in [1.82, 2.24) is 10.2 Å². The van der Waals surface area contributed by atoms with E-state index in [1.54, 1.807) is 6.92 Å². The fourth-order valence-electron chi connectivity index (χ4n) is 3.54. The average Bonchev–Trinajstić information content (AvgIpc) is 3.21. The summed E-state index contributed by atoms with van der Waals surface area (Å²) in [7, 11) is 0.926. The van der Waals surface area contributed by atoms with Crippen LogP contribution in [0.4, 0.5) is 13.2 Å². The molecule has 1 fully saturated rings. The first-order chi connectivity index (χ1) is 13.1. The number of hydrogen-bond donors (Lipinski definition) is 1. The molecule has 2 rings (SSSR count). The van der Waals surface area contributed by atoms with E-state index in [0.29, 0.717) is 25.9 Å². The molecule has 7 nitrogen and oxygen atoms in total. The number of carbonyl (C=O) groups is 3. The standard InChI is InChI=1S/C18H25F3N2O5/c1-4-5-8-13(24)22-17(18(19,20)21)14(15(25)27-3)11(2)23(16(17)26)10-12-7-6-9-28-12/h12H,4-10H2,1-3H3,(H,22,24)/t12-,17-/m1/s1. The molecule has 0 unspecified atom stereocenters. The fourth-order valence-corrected chi connectivity index (χ4v) is 3.54. The van der Waals surface area contributed by atoms with Crippen LogP contribution in [-0.2, 0) is 23.9 Å². The molecule has 0 radical (unpaired) electrons. The second kappa shape index (κ2) is 8.50. The van der Waals surface area contributed by atoms with Crippen LogP contribution in [0.5, 0.6) is 0 Å². The number of rotatable bonds is 7. The summed E-state index contributed by atoms with van der Waals surface area (Å²) >= 11 is 0. The van der Waals surface area contributed by atoms with E-state index in [1.165, 1.54) is 6.92 Å². The summed E-state index contributed by atoms with van der Waals surface area (Å²) in [6.45, 7) is 3.34. The van der Waals surface area contributed by atoms with Crippen molar-refractivity contribution in [3.63, 3.8) is 0 Å². The predicted molar refractivity (Wildman–Crippen MR) is 91.9 cm³/mol. The molecular formula is C18H25F3N2O5. The highest BCUT2D eigenvalue weighted by atomic mass is 19.4. The monoisotopic (exact) mass is 406 g/mol. The summed E-state index contributed by atoms with van der Waals surface area (Å²) in [6, 6.07) is 0. The third kappa shape index (κ3) is 3.87. The molecule has 2 amide bonds. The topological polar surface area (TPSA) is 84.9 Å². The second-order valence-corrected chi connectivity index (χ2v) is 6.90. The summed E-state index contributed by atoms with van der Waals surface area (Å²) in [5.41, 5.74) is -4.57. The maximum atomic E-state index is 14.2. The normalized spacial score (nSPS) is 25.4. The predicted octanol–water partition coefficient (Wildman–Crippen LogP) is 2.06. The lowest BCUT2D eigenvalue weighted by molar-refractivity contribution is -0.196. The van der Waals surface area contributed by atoms with Gasteiger partial charge in [-0.3, -0.25) is 9.59 Å². The Morgan fingerprint density at radius 3 is 2.57 bits per heavy atom. The van der Waals surface area contributed by atoms with Crippen LogP contribution in [0.2, 0.25) is 0 Å². The summed E-state index contributed by atoms with van der Waals surface area (Å²) in [4.78, 5) is 38.3. The second-order valence-electron chi connectivity index (χ2n) is 6.90. The smallest absolute Gasteiger partial charge is 0.425 e. The highest BCUT2D eigenvalue weighted by molar-refractivity contribution is 6.10. The Morgan fingerprint density at radius 1 is 1.39 bits per heavy atom. The Balaban J connectivity index is 2.51. The Morgan fingerprint density at radius 2 is 2.07 bits per heavy atom. The van der Waals surface area contributed by atoms with Gasteiger partial charge in [-0.25, -0.2) is 4.79 Å². The number of nitrogens with one attached hydrogen (secondary N) is 1. The molecule has 28 heavy (non-hydrogen) atoms. The maximum Gasteiger partial charge on any atom is 0.425 e. The SMILES string of the molecule is CCCCC(=O)N[C@@]1(C(F)(F)F)C(=O)N(C[C@H]2CCCO2)C(C)=C1C(=O)OC. The number of nitrogens with zero attached hydrogens (tertiary/aromatic N) is 1. The van der Waals surface area contributed by atoms with Crippen LogP contribution >= 0.6 is 0 Å². The molecule has 0 aromatic rings. The molecule has 1 N–H and O–H groups in total. The number of unbranched alkanes of at least 4 members (excludes halogenated alkanes) is 1. The van der Waals surface area contributed by atoms with Crippen LogP contribution in [-0.4, -0.2) is 60.8 Å². The van der Waals surface area contributed by atoms with E-state index in [1.807, 2.05) is 5.32 Å². The molecule has 2 aliphatic rings. The summed E-state index contributed by atoms with van der Waals surface area (Å²) in [5, 5.41) is 1.81. The zero-order valence-corrected chi connectivity index (χ0v) is 16.1. The zero-order chi connectivity index (χ0) is 21.1. The molecule has 0 spiro atoms. The van der Waals surface area contributed by atoms with Crippen molar-refractivity contribution in [2.75, 3.05) is 20.3 Å². The van der Waals surface area contributed by atoms with E-state index < -0.39 is 41.2 Å². The Hall–Kier alpha value is -2.10. The van der Waals surface area contributed by atoms with E-state index in [0.717, 1.165) is 18.4 Å². The van der Waals surface area contributed by atoms with Gasteiger partial charge in [0.1, 0.15) is 5.57 Å². The van der Waals surface area contributed by atoms with Crippen molar-refractivity contribution in [2.24, 2.45) is 0 Å². The minimum Gasteiger partial charge on any atom is -0.466 e. The number of methoxy groups -OCH3 is 1. The van der Waals surface area contributed by atoms with Gasteiger partial charge in [-0.1, -0.05) is 13.3 Å². The number of amides is 2.